The molecule has 5 rings (SSSR count). The first kappa shape index (κ1) is 49.4. The Labute approximate surface area is 384 Å². The molecule has 2 amide bonds. The Morgan fingerprint density at radius 1 is 0.703 bits per heavy atom. The fourth-order valence-corrected chi connectivity index (χ4v) is 8.13. The van der Waals surface area contributed by atoms with Gasteiger partial charge in [0.25, 0.3) is 11.5 Å². The van der Waals surface area contributed by atoms with E-state index in [1.807, 2.05) is 30.3 Å². The van der Waals surface area contributed by atoms with Crippen LogP contribution in [0.25, 0.3) is 0 Å². The fourth-order valence-electron chi connectivity index (χ4n) is 6.71. The van der Waals surface area contributed by atoms with Crippen LogP contribution in [0.1, 0.15) is 108 Å². The zero-order chi connectivity index (χ0) is 46.7. The largest absolute Gasteiger partial charge is 0.493 e. The van der Waals surface area contributed by atoms with Crippen molar-refractivity contribution in [3.05, 3.63) is 144 Å². The lowest BCUT2D eigenvalue weighted by atomic mass is 9.76. The highest BCUT2D eigenvalue weighted by Crippen LogP contribution is 2.39. The van der Waals surface area contributed by atoms with Gasteiger partial charge in [-0.05, 0) is 108 Å². The minimum atomic E-state index is -3.87. The van der Waals surface area contributed by atoms with Crippen molar-refractivity contribution >= 4 is 44.7 Å². The maximum Gasteiger partial charge on any atom is 0.281 e. The number of halogens is 1. The number of ether oxygens (including phenoxy) is 3. The maximum absolute atomic E-state index is 13.9. The van der Waals surface area contributed by atoms with E-state index in [0.29, 0.717) is 25.4 Å². The van der Waals surface area contributed by atoms with E-state index in [1.54, 1.807) is 50.2 Å². The molecule has 10 nitrogen and oxygen atoms in total. The lowest BCUT2D eigenvalue weighted by Crippen LogP contribution is -2.39. The summed E-state index contributed by atoms with van der Waals surface area (Å²) in [6.07, 6.45) is 2.69. The van der Waals surface area contributed by atoms with Crippen molar-refractivity contribution in [3.63, 3.8) is 0 Å². The molecular weight excluding hydrogens is 848 g/mol. The molecule has 0 saturated carbocycles. The van der Waals surface area contributed by atoms with Gasteiger partial charge in [-0.15, -0.1) is 0 Å². The van der Waals surface area contributed by atoms with E-state index < -0.39 is 26.7 Å². The van der Waals surface area contributed by atoms with E-state index in [4.69, 9.17) is 25.8 Å². The minimum absolute atomic E-state index is 0.0202. The van der Waals surface area contributed by atoms with Gasteiger partial charge < -0.3 is 24.8 Å². The van der Waals surface area contributed by atoms with Crippen LogP contribution in [0.15, 0.2) is 131 Å². The number of anilines is 1. The number of nitrogens with one attached hydrogen (secondary N) is 2. The Hall–Kier alpha value is -5.65. The predicted octanol–water partition coefficient (Wildman–Crippen LogP) is 11.2. The monoisotopic (exact) mass is 908 g/mol. The number of sulfone groups is 1. The quantitative estimate of drug-likeness (QED) is 0.0398. The third-order valence-electron chi connectivity index (χ3n) is 11.8. The Morgan fingerprint density at radius 2 is 1.30 bits per heavy atom. The molecule has 340 valence electrons. The molecule has 64 heavy (non-hydrogen) atoms. The van der Waals surface area contributed by atoms with Crippen molar-refractivity contribution in [2.24, 2.45) is 5.41 Å². The number of alkyl halides is 1. The molecule has 0 fully saturated rings. The smallest absolute Gasteiger partial charge is 0.281 e. The van der Waals surface area contributed by atoms with Crippen molar-refractivity contribution in [1.82, 2.24) is 5.32 Å². The number of Topliss-reactive ketones (excluding diaryl/α,β-unsaturated/α-hetero) is 1. The van der Waals surface area contributed by atoms with Crippen LogP contribution in [0.2, 0.25) is 0 Å². The van der Waals surface area contributed by atoms with Gasteiger partial charge in [-0.25, -0.2) is 8.42 Å². The SMILES string of the molecule is CCC(C)(C)c1ccc(OCCCC(=O)NCC(C)(C)C(=O)c2ccccc2NC(=O)C(Cl)Oc2ccc(S(=O)(=O)c3ccc(OCc4ccccc4)cc3)cc2)c(C(C)(C)CC)c1. The van der Waals surface area contributed by atoms with Gasteiger partial charge in [0.15, 0.2) is 5.78 Å². The van der Waals surface area contributed by atoms with Crippen molar-refractivity contribution in [1.29, 1.82) is 0 Å². The lowest BCUT2D eigenvalue weighted by Gasteiger charge is -2.30. The Morgan fingerprint density at radius 3 is 1.92 bits per heavy atom. The molecule has 0 aliphatic heterocycles. The molecule has 5 aromatic rings. The van der Waals surface area contributed by atoms with Crippen molar-refractivity contribution in [2.45, 2.75) is 114 Å². The Kier molecular flexibility index (Phi) is 16.5. The molecule has 2 N–H and O–H groups in total. The zero-order valence-corrected chi connectivity index (χ0v) is 39.7. The number of rotatable bonds is 22. The number of ketones is 1. The lowest BCUT2D eigenvalue weighted by molar-refractivity contribution is -0.121. The van der Waals surface area contributed by atoms with Gasteiger partial charge in [-0.2, -0.15) is 0 Å². The van der Waals surface area contributed by atoms with E-state index in [9.17, 15) is 22.8 Å². The highest BCUT2D eigenvalue weighted by Gasteiger charge is 2.32. The van der Waals surface area contributed by atoms with Crippen LogP contribution in [0, 0.1) is 5.41 Å². The Bertz CT molecular complexity index is 2490. The summed E-state index contributed by atoms with van der Waals surface area (Å²) < 4.78 is 44.4. The average Bonchev–Trinajstić information content (AvgIpc) is 3.29. The van der Waals surface area contributed by atoms with Crippen molar-refractivity contribution < 1.29 is 37.0 Å². The number of para-hydroxylation sites is 1. The second-order valence-electron chi connectivity index (χ2n) is 17.8. The van der Waals surface area contributed by atoms with Gasteiger partial charge >= 0.3 is 0 Å². The van der Waals surface area contributed by atoms with Gasteiger partial charge in [-0.1, -0.05) is 122 Å². The van der Waals surface area contributed by atoms with Gasteiger partial charge in [0, 0.05) is 29.5 Å². The first-order chi connectivity index (χ1) is 30.3. The van der Waals surface area contributed by atoms with E-state index >= 15 is 0 Å². The molecule has 0 aromatic heterocycles. The number of benzene rings is 5. The van der Waals surface area contributed by atoms with E-state index in [-0.39, 0.29) is 62.3 Å². The predicted molar refractivity (Wildman–Crippen MR) is 253 cm³/mol. The fraction of sp³-hybridized carbons (Fsp3) is 0.365. The Balaban J connectivity index is 1.11. The highest BCUT2D eigenvalue weighted by molar-refractivity contribution is 7.91. The van der Waals surface area contributed by atoms with Crippen LogP contribution >= 0.6 is 11.6 Å². The summed E-state index contributed by atoms with van der Waals surface area (Å²) >= 11 is 6.37. The van der Waals surface area contributed by atoms with Crippen LogP contribution in [-0.2, 0) is 36.9 Å². The van der Waals surface area contributed by atoms with Gasteiger partial charge in [0.2, 0.25) is 15.7 Å². The first-order valence-corrected chi connectivity index (χ1v) is 23.6. The van der Waals surface area contributed by atoms with Gasteiger partial charge in [-0.3, -0.25) is 14.4 Å². The summed E-state index contributed by atoms with van der Waals surface area (Å²) in [5, 5.41) is 5.58. The highest BCUT2D eigenvalue weighted by atomic mass is 35.5. The minimum Gasteiger partial charge on any atom is -0.493 e. The number of amides is 2. The number of hydrogen-bond donors (Lipinski definition) is 2. The van der Waals surface area contributed by atoms with Crippen molar-refractivity contribution in [3.8, 4) is 17.2 Å². The van der Waals surface area contributed by atoms with Gasteiger partial charge in [0.1, 0.15) is 23.9 Å². The standard InChI is InChI=1S/C52H61ClN2O8S/c1-9-50(3,4)37-22-31-45(43(33-37)51(5,6)10-2)61-32-16-21-46(56)54-35-52(7,8)47(57)42-19-14-15-20-44(42)55-49(58)48(53)63-39-25-29-41(30-26-39)64(59,60)40-27-23-38(24-28-40)62-34-36-17-12-11-13-18-36/h11-15,17-20,22-31,33,48H,9-10,16,21,32,34-35H2,1-8H3,(H,54,56)(H,55,58). The molecule has 0 radical (unpaired) electrons. The molecule has 12 heteroatoms. The van der Waals surface area contributed by atoms with Crippen molar-refractivity contribution in [2.75, 3.05) is 18.5 Å². The molecular formula is C52H61ClN2O8S. The second-order valence-corrected chi connectivity index (χ2v) is 20.2. The number of carbonyl (C=O) groups is 3. The normalized spacial score (nSPS) is 12.5. The summed E-state index contributed by atoms with van der Waals surface area (Å²) in [5.41, 5.74) is 1.29. The molecule has 0 spiro atoms. The number of carbonyl (C=O) groups excluding carboxylic acids is 3. The third kappa shape index (κ3) is 12.8. The molecule has 1 unspecified atom stereocenters. The summed E-state index contributed by atoms with van der Waals surface area (Å²) in [6.45, 7) is 17.5. The molecule has 0 bridgehead atoms. The molecule has 1 atom stereocenters. The van der Waals surface area contributed by atoms with E-state index in [0.717, 1.165) is 29.7 Å². The van der Waals surface area contributed by atoms with Crippen LogP contribution in [0.4, 0.5) is 5.69 Å². The van der Waals surface area contributed by atoms with Crippen LogP contribution in [0.3, 0.4) is 0 Å². The molecule has 0 heterocycles. The summed E-state index contributed by atoms with van der Waals surface area (Å²) in [6, 6.07) is 34.3. The summed E-state index contributed by atoms with van der Waals surface area (Å²) in [5.74, 6) is 0.274. The van der Waals surface area contributed by atoms with E-state index in [2.05, 4.69) is 70.4 Å². The molecule has 0 aliphatic rings. The second kappa shape index (κ2) is 21.4. The van der Waals surface area contributed by atoms with Gasteiger partial charge in [0.05, 0.1) is 22.1 Å². The first-order valence-electron chi connectivity index (χ1n) is 21.7. The molecule has 5 aromatic carbocycles. The summed E-state index contributed by atoms with van der Waals surface area (Å²) in [4.78, 5) is 40.2. The zero-order valence-electron chi connectivity index (χ0n) is 38.1. The summed E-state index contributed by atoms with van der Waals surface area (Å²) in [7, 11) is -3.87. The van der Waals surface area contributed by atoms with Crippen LogP contribution < -0.4 is 24.8 Å². The number of hydrogen-bond acceptors (Lipinski definition) is 8. The van der Waals surface area contributed by atoms with E-state index in [1.165, 1.54) is 42.0 Å². The molecule has 0 aliphatic carbocycles. The topological polar surface area (TPSA) is 137 Å². The van der Waals surface area contributed by atoms with Crippen LogP contribution in [0.5, 0.6) is 17.2 Å². The maximum atomic E-state index is 13.9. The average molecular weight is 910 g/mol. The van der Waals surface area contributed by atoms with Crippen LogP contribution in [-0.4, -0.2) is 44.7 Å². The third-order valence-corrected chi connectivity index (χ3v) is 13.9. The molecule has 0 saturated heterocycles.